The van der Waals surface area contributed by atoms with Crippen LogP contribution in [0.15, 0.2) is 38.2 Å². The normalized spacial score (nSPS) is 14.6. The zero-order valence-corrected chi connectivity index (χ0v) is 12.2. The lowest BCUT2D eigenvalue weighted by Crippen LogP contribution is -1.91. The first-order valence-corrected chi connectivity index (χ1v) is 7.47. The number of halogens is 1. The lowest BCUT2D eigenvalue weighted by Gasteiger charge is -2.04. The maximum atomic E-state index is 10.7. The van der Waals surface area contributed by atoms with Crippen LogP contribution in [-0.4, -0.2) is 21.5 Å². The van der Waals surface area contributed by atoms with Gasteiger partial charge in [-0.25, -0.2) is 4.79 Å². The molecule has 1 aromatic heterocycles. The molecule has 0 radical (unpaired) electrons. The summed E-state index contributed by atoms with van der Waals surface area (Å²) in [6, 6.07) is 7.32. The third-order valence-corrected chi connectivity index (χ3v) is 5.10. The van der Waals surface area contributed by atoms with Crippen LogP contribution in [-0.2, 0) is 0 Å². The highest BCUT2D eigenvalue weighted by Crippen LogP contribution is 2.42. The van der Waals surface area contributed by atoms with E-state index < -0.39 is 5.97 Å². The quantitative estimate of drug-likeness (QED) is 0.909. The van der Waals surface area contributed by atoms with E-state index in [4.69, 9.17) is 9.63 Å². The second-order valence-corrected chi connectivity index (χ2v) is 6.54. The van der Waals surface area contributed by atoms with Crippen molar-refractivity contribution in [1.82, 2.24) is 5.16 Å². The summed E-state index contributed by atoms with van der Waals surface area (Å²) in [5.41, 5.74) is 1.37. The van der Waals surface area contributed by atoms with Crippen LogP contribution in [0.2, 0.25) is 0 Å². The summed E-state index contributed by atoms with van der Waals surface area (Å²) in [5.74, 6) is -1.26. The molecule has 0 saturated heterocycles. The minimum atomic E-state index is -1.11. The van der Waals surface area contributed by atoms with Crippen molar-refractivity contribution in [3.05, 3.63) is 34.5 Å². The molecule has 1 aromatic carbocycles. The number of aromatic nitrogens is 1. The molecular formula is C13H10BrNO3S. The largest absolute Gasteiger partial charge is 0.475 e. The number of carboxylic acid groups (broad SMARTS) is 1. The summed E-state index contributed by atoms with van der Waals surface area (Å²) >= 11 is 5.41. The molecular weight excluding hydrogens is 330 g/mol. The van der Waals surface area contributed by atoms with Crippen molar-refractivity contribution < 1.29 is 14.4 Å². The molecule has 4 nitrogen and oxygen atoms in total. The van der Waals surface area contributed by atoms with Gasteiger partial charge in [0.2, 0.25) is 5.76 Å². The molecule has 1 saturated carbocycles. The van der Waals surface area contributed by atoms with Gasteiger partial charge in [-0.1, -0.05) is 11.2 Å². The Hall–Kier alpha value is -1.27. The van der Waals surface area contributed by atoms with Crippen LogP contribution in [0.5, 0.6) is 0 Å². The molecule has 1 N–H and O–H groups in total. The lowest BCUT2D eigenvalue weighted by molar-refractivity contribution is 0.0652. The smallest absolute Gasteiger partial charge is 0.374 e. The molecule has 0 spiro atoms. The van der Waals surface area contributed by atoms with E-state index in [1.807, 2.05) is 30.0 Å². The molecule has 0 amide bonds. The average Bonchev–Trinajstić information content (AvgIpc) is 3.05. The van der Waals surface area contributed by atoms with Gasteiger partial charge in [-0.2, -0.15) is 0 Å². The molecule has 1 fully saturated rings. The Balaban J connectivity index is 1.87. The lowest BCUT2D eigenvalue weighted by atomic mass is 10.1. The van der Waals surface area contributed by atoms with Gasteiger partial charge in [-0.15, -0.1) is 11.8 Å². The van der Waals surface area contributed by atoms with Gasteiger partial charge < -0.3 is 9.63 Å². The minimum absolute atomic E-state index is 0.150. The first-order valence-electron chi connectivity index (χ1n) is 5.80. The van der Waals surface area contributed by atoms with E-state index in [-0.39, 0.29) is 5.76 Å². The van der Waals surface area contributed by atoms with Gasteiger partial charge >= 0.3 is 5.97 Å². The number of thioether (sulfide) groups is 1. The number of carboxylic acids is 1. The average molecular weight is 340 g/mol. The van der Waals surface area contributed by atoms with Crippen molar-refractivity contribution >= 4 is 33.7 Å². The number of carbonyl (C=O) groups is 1. The van der Waals surface area contributed by atoms with Gasteiger partial charge in [-0.05, 0) is 40.9 Å². The molecule has 0 aliphatic heterocycles. The molecule has 6 heteroatoms. The first kappa shape index (κ1) is 12.7. The fourth-order valence-corrected chi connectivity index (χ4v) is 3.34. The second kappa shape index (κ2) is 5.02. The summed E-state index contributed by atoms with van der Waals surface area (Å²) in [5, 5.41) is 13.3. The van der Waals surface area contributed by atoms with Crippen LogP contribution in [0.25, 0.3) is 11.3 Å². The molecule has 2 aromatic rings. The highest BCUT2D eigenvalue weighted by Gasteiger charge is 2.23. The standard InChI is InChI=1S/C13H10BrNO3S/c14-9-5-7(1-4-12(9)19-8-2-3-8)10-6-11(13(16)17)18-15-10/h1,4-6,8H,2-3H2,(H,16,17). The third kappa shape index (κ3) is 2.84. The molecule has 98 valence electrons. The van der Waals surface area contributed by atoms with Gasteiger partial charge in [0.15, 0.2) is 0 Å². The van der Waals surface area contributed by atoms with E-state index in [0.717, 1.165) is 15.3 Å². The number of rotatable bonds is 4. The van der Waals surface area contributed by atoms with Crippen molar-refractivity contribution in [3.63, 3.8) is 0 Å². The van der Waals surface area contributed by atoms with Crippen LogP contribution in [0.1, 0.15) is 23.4 Å². The Kier molecular flexibility index (Phi) is 3.36. The van der Waals surface area contributed by atoms with E-state index in [1.165, 1.54) is 23.8 Å². The van der Waals surface area contributed by atoms with Crippen molar-refractivity contribution in [2.75, 3.05) is 0 Å². The van der Waals surface area contributed by atoms with Gasteiger partial charge in [0, 0.05) is 26.2 Å². The maximum Gasteiger partial charge on any atom is 0.374 e. The Morgan fingerprint density at radius 1 is 1.42 bits per heavy atom. The van der Waals surface area contributed by atoms with E-state index in [9.17, 15) is 4.79 Å². The van der Waals surface area contributed by atoms with Gasteiger partial charge in [-0.3, -0.25) is 0 Å². The molecule has 19 heavy (non-hydrogen) atoms. The highest BCUT2D eigenvalue weighted by molar-refractivity contribution is 9.10. The van der Waals surface area contributed by atoms with E-state index in [0.29, 0.717) is 5.69 Å². The molecule has 0 atom stereocenters. The minimum Gasteiger partial charge on any atom is -0.475 e. The van der Waals surface area contributed by atoms with Crippen molar-refractivity contribution in [2.45, 2.75) is 23.0 Å². The van der Waals surface area contributed by atoms with Crippen molar-refractivity contribution in [3.8, 4) is 11.3 Å². The zero-order valence-electron chi connectivity index (χ0n) is 9.80. The van der Waals surface area contributed by atoms with Gasteiger partial charge in [0.05, 0.1) is 0 Å². The van der Waals surface area contributed by atoms with Crippen LogP contribution in [0.3, 0.4) is 0 Å². The van der Waals surface area contributed by atoms with Crippen LogP contribution < -0.4 is 0 Å². The number of aromatic carboxylic acids is 1. The van der Waals surface area contributed by atoms with Crippen molar-refractivity contribution in [1.29, 1.82) is 0 Å². The number of nitrogens with zero attached hydrogens (tertiary/aromatic N) is 1. The zero-order chi connectivity index (χ0) is 13.4. The number of hydrogen-bond donors (Lipinski definition) is 1. The predicted octanol–water partition coefficient (Wildman–Crippen LogP) is 4.06. The van der Waals surface area contributed by atoms with Crippen LogP contribution >= 0.6 is 27.7 Å². The predicted molar refractivity (Wildman–Crippen MR) is 75.5 cm³/mol. The second-order valence-electron chi connectivity index (χ2n) is 4.34. The monoisotopic (exact) mass is 339 g/mol. The number of hydrogen-bond acceptors (Lipinski definition) is 4. The maximum absolute atomic E-state index is 10.7. The van der Waals surface area contributed by atoms with E-state index in [1.54, 1.807) is 0 Å². The Morgan fingerprint density at radius 2 is 2.21 bits per heavy atom. The summed E-state index contributed by atoms with van der Waals surface area (Å²) in [4.78, 5) is 12.0. The van der Waals surface area contributed by atoms with E-state index >= 15 is 0 Å². The molecule has 3 rings (SSSR count). The summed E-state index contributed by atoms with van der Waals surface area (Å²) in [6.07, 6.45) is 2.56. The topological polar surface area (TPSA) is 63.3 Å². The summed E-state index contributed by atoms with van der Waals surface area (Å²) < 4.78 is 5.76. The number of benzene rings is 1. The fraction of sp³-hybridized carbons (Fsp3) is 0.231. The molecule has 0 unspecified atom stereocenters. The van der Waals surface area contributed by atoms with Gasteiger partial charge in [0.1, 0.15) is 5.69 Å². The van der Waals surface area contributed by atoms with Crippen LogP contribution in [0, 0.1) is 0 Å². The van der Waals surface area contributed by atoms with E-state index in [2.05, 4.69) is 21.1 Å². The fourth-order valence-electron chi connectivity index (χ4n) is 1.63. The molecule has 0 bridgehead atoms. The summed E-state index contributed by atoms with van der Waals surface area (Å²) in [6.45, 7) is 0. The van der Waals surface area contributed by atoms with Crippen molar-refractivity contribution in [2.24, 2.45) is 0 Å². The first-order chi connectivity index (χ1) is 9.13. The Labute approximate surface area is 122 Å². The highest BCUT2D eigenvalue weighted by atomic mass is 79.9. The summed E-state index contributed by atoms with van der Waals surface area (Å²) in [7, 11) is 0. The molecule has 1 heterocycles. The third-order valence-electron chi connectivity index (χ3n) is 2.77. The SMILES string of the molecule is O=C(O)c1cc(-c2ccc(SC3CC3)c(Br)c2)no1. The Bertz CT molecular complexity index is 637. The molecule has 1 aliphatic carbocycles. The van der Waals surface area contributed by atoms with Crippen LogP contribution in [0.4, 0.5) is 0 Å². The van der Waals surface area contributed by atoms with Gasteiger partial charge in [0.25, 0.3) is 0 Å². The molecule has 1 aliphatic rings. The Morgan fingerprint density at radius 3 is 2.79 bits per heavy atom.